The number of aliphatic hydroxyl groups is 1. The smallest absolute Gasteiger partial charge is 0.261 e. The molecular formula is C68H92N2O4Si. The molecule has 402 valence electrons. The lowest BCUT2D eigenvalue weighted by molar-refractivity contribution is 0.281. The topological polar surface area (TPSA) is 54.4 Å². The number of aryl methyl sites for hydroxylation is 4. The van der Waals surface area contributed by atoms with Crippen LogP contribution in [0, 0.1) is 27.7 Å². The maximum atomic E-state index is 9.45. The van der Waals surface area contributed by atoms with Crippen LogP contribution in [0.3, 0.4) is 0 Å². The van der Waals surface area contributed by atoms with E-state index in [2.05, 4.69) is 225 Å². The van der Waals surface area contributed by atoms with E-state index >= 15 is 0 Å². The Labute approximate surface area is 455 Å². The molecule has 0 aromatic heterocycles. The van der Waals surface area contributed by atoms with Gasteiger partial charge in [0.15, 0.2) is 0 Å². The highest BCUT2D eigenvalue weighted by molar-refractivity contribution is 6.99. The summed E-state index contributed by atoms with van der Waals surface area (Å²) in [5.41, 5.74) is 14.0. The van der Waals surface area contributed by atoms with Crippen LogP contribution in [0.1, 0.15) is 155 Å². The van der Waals surface area contributed by atoms with Crippen LogP contribution in [-0.4, -0.2) is 53.8 Å². The SMILES string of the molecule is CCCCN(CCCC)c1ccc(C=Cc2cc(C)c(CO)cc2C)c(OC)c1.CCCCN(CCCC)c1ccc(C=Cc2cc(C)c(CO[Si](c3ccccc3)(c3ccccc3)C(C)(C)C)cc2C)c(OC)c1. The predicted octanol–water partition coefficient (Wildman–Crippen LogP) is 16.3. The van der Waals surface area contributed by atoms with Crippen molar-refractivity contribution < 1.29 is 19.0 Å². The minimum absolute atomic E-state index is 0.0566. The molecule has 6 nitrogen and oxygen atoms in total. The molecule has 0 radical (unpaired) electrons. The number of methoxy groups -OCH3 is 2. The Kier molecular flexibility index (Phi) is 24.0. The Morgan fingerprint density at radius 3 is 1.20 bits per heavy atom. The van der Waals surface area contributed by atoms with E-state index in [-0.39, 0.29) is 11.6 Å². The van der Waals surface area contributed by atoms with Crippen LogP contribution in [0.4, 0.5) is 11.4 Å². The molecule has 6 aromatic rings. The molecule has 0 saturated heterocycles. The quantitative estimate of drug-likeness (QED) is 0.0432. The third-order valence-corrected chi connectivity index (χ3v) is 19.6. The van der Waals surface area contributed by atoms with Crippen molar-refractivity contribution in [1.82, 2.24) is 0 Å². The Hall–Kier alpha value is -5.86. The van der Waals surface area contributed by atoms with Crippen LogP contribution in [0.25, 0.3) is 24.3 Å². The highest BCUT2D eigenvalue weighted by Crippen LogP contribution is 2.38. The average Bonchev–Trinajstić information content (AvgIpc) is 3.42. The van der Waals surface area contributed by atoms with Crippen LogP contribution in [0.2, 0.25) is 5.04 Å². The molecule has 75 heavy (non-hydrogen) atoms. The fourth-order valence-corrected chi connectivity index (χ4v) is 14.5. The normalized spacial score (nSPS) is 11.8. The molecule has 0 saturated carbocycles. The van der Waals surface area contributed by atoms with E-state index in [1.807, 2.05) is 6.92 Å². The Bertz CT molecular complexity index is 2670. The van der Waals surface area contributed by atoms with Gasteiger partial charge < -0.3 is 28.8 Å². The van der Waals surface area contributed by atoms with Gasteiger partial charge in [0.25, 0.3) is 8.32 Å². The molecule has 6 rings (SSSR count). The van der Waals surface area contributed by atoms with Gasteiger partial charge in [0.05, 0.1) is 27.4 Å². The van der Waals surface area contributed by atoms with E-state index in [0.717, 1.165) is 65.5 Å². The third-order valence-electron chi connectivity index (χ3n) is 14.7. The summed E-state index contributed by atoms with van der Waals surface area (Å²) in [6, 6.07) is 43.8. The Morgan fingerprint density at radius 1 is 0.467 bits per heavy atom. The maximum absolute atomic E-state index is 9.45. The van der Waals surface area contributed by atoms with Gasteiger partial charge in [0, 0.05) is 60.8 Å². The fourth-order valence-electron chi connectivity index (χ4n) is 9.99. The molecule has 7 heteroatoms. The molecule has 0 aliphatic heterocycles. The van der Waals surface area contributed by atoms with Crippen molar-refractivity contribution in [2.24, 2.45) is 0 Å². The first-order chi connectivity index (χ1) is 36.2. The number of unbranched alkanes of at least 4 members (excludes halogenated alkanes) is 4. The fraction of sp³-hybridized carbons (Fsp3) is 0.412. The maximum Gasteiger partial charge on any atom is 0.261 e. The first kappa shape index (κ1) is 60.0. The summed E-state index contributed by atoms with van der Waals surface area (Å²) in [7, 11) is 0.898. The van der Waals surface area contributed by atoms with Gasteiger partial charge in [-0.2, -0.15) is 0 Å². The second-order valence-electron chi connectivity index (χ2n) is 21.3. The summed E-state index contributed by atoms with van der Waals surface area (Å²) in [6.45, 7) is 29.5. The van der Waals surface area contributed by atoms with Crippen LogP contribution in [0.5, 0.6) is 11.5 Å². The van der Waals surface area contributed by atoms with Crippen LogP contribution < -0.4 is 29.6 Å². The van der Waals surface area contributed by atoms with Gasteiger partial charge in [-0.15, -0.1) is 0 Å². The monoisotopic (exact) mass is 1030 g/mol. The van der Waals surface area contributed by atoms with E-state index < -0.39 is 8.32 Å². The molecule has 0 unspecified atom stereocenters. The van der Waals surface area contributed by atoms with Gasteiger partial charge in [0.2, 0.25) is 0 Å². The van der Waals surface area contributed by atoms with Gasteiger partial charge in [-0.3, -0.25) is 0 Å². The highest BCUT2D eigenvalue weighted by Gasteiger charge is 2.50. The zero-order valence-electron chi connectivity index (χ0n) is 48.3. The lowest BCUT2D eigenvalue weighted by Crippen LogP contribution is -2.66. The zero-order valence-corrected chi connectivity index (χ0v) is 49.3. The van der Waals surface area contributed by atoms with Crippen molar-refractivity contribution in [3.8, 4) is 11.5 Å². The summed E-state index contributed by atoms with van der Waals surface area (Å²) in [4.78, 5) is 4.98. The number of benzene rings is 6. The number of ether oxygens (including phenoxy) is 2. The minimum atomic E-state index is -2.62. The zero-order chi connectivity index (χ0) is 54.4. The molecular weight excluding hydrogens is 937 g/mol. The van der Waals surface area contributed by atoms with Gasteiger partial charge in [-0.1, -0.05) is 183 Å². The lowest BCUT2D eigenvalue weighted by atomic mass is 9.99. The first-order valence-corrected chi connectivity index (χ1v) is 29.9. The van der Waals surface area contributed by atoms with Crippen LogP contribution >= 0.6 is 0 Å². The van der Waals surface area contributed by atoms with E-state index in [1.54, 1.807) is 14.2 Å². The molecule has 1 N–H and O–H groups in total. The molecule has 0 aliphatic carbocycles. The van der Waals surface area contributed by atoms with Crippen molar-refractivity contribution in [2.75, 3.05) is 50.2 Å². The number of hydrogen-bond acceptors (Lipinski definition) is 6. The van der Waals surface area contributed by atoms with Gasteiger partial charge in [-0.25, -0.2) is 0 Å². The molecule has 0 atom stereocenters. The molecule has 0 spiro atoms. The van der Waals surface area contributed by atoms with E-state index in [1.165, 1.54) is 101 Å². The summed E-state index contributed by atoms with van der Waals surface area (Å²) >= 11 is 0. The number of hydrogen-bond donors (Lipinski definition) is 1. The van der Waals surface area contributed by atoms with Crippen molar-refractivity contribution in [2.45, 2.75) is 146 Å². The molecule has 0 heterocycles. The second kappa shape index (κ2) is 30.0. The van der Waals surface area contributed by atoms with E-state index in [4.69, 9.17) is 13.9 Å². The van der Waals surface area contributed by atoms with Crippen molar-refractivity contribution in [1.29, 1.82) is 0 Å². The third kappa shape index (κ3) is 16.3. The number of anilines is 2. The average molecular weight is 1030 g/mol. The molecule has 0 bridgehead atoms. The summed E-state index contributed by atoms with van der Waals surface area (Å²) in [6.07, 6.45) is 18.3. The van der Waals surface area contributed by atoms with Gasteiger partial charge >= 0.3 is 0 Å². The second-order valence-corrected chi connectivity index (χ2v) is 25.6. The molecule has 0 aliphatic rings. The largest absolute Gasteiger partial charge is 0.496 e. The van der Waals surface area contributed by atoms with Crippen molar-refractivity contribution in [3.63, 3.8) is 0 Å². The minimum Gasteiger partial charge on any atom is -0.496 e. The van der Waals surface area contributed by atoms with Gasteiger partial charge in [0.1, 0.15) is 11.5 Å². The standard InChI is InChI=1S/C42H55NO2Si.C26H37NO2/c1-9-11-27-43(28-12-10-2)38-26-25-35(41(31-38)44-8)23-24-36-29-34(4)37(30-33(36)3)32-45-46(42(5,6)7,39-19-15-13-16-20-39)40-21-17-14-18-22-40;1-6-8-14-27(15-9-7-2)25-13-12-22(26(18-25)29-5)10-11-23-16-21(4)24(19-28)17-20(23)3/h13-26,29-31H,9-12,27-28,32H2,1-8H3;10-13,16-18,28H,6-9,14-15,19H2,1-5H3. The van der Waals surface area contributed by atoms with Gasteiger partial charge in [-0.05, 0) is 138 Å². The van der Waals surface area contributed by atoms with Crippen molar-refractivity contribution >= 4 is 54.4 Å². The first-order valence-electron chi connectivity index (χ1n) is 28.0. The highest BCUT2D eigenvalue weighted by atomic mass is 28.4. The predicted molar refractivity (Wildman–Crippen MR) is 328 cm³/mol. The van der Waals surface area contributed by atoms with E-state index in [9.17, 15) is 5.11 Å². The number of rotatable bonds is 26. The molecule has 0 amide bonds. The van der Waals surface area contributed by atoms with Crippen molar-refractivity contribution in [3.05, 3.63) is 177 Å². The summed E-state index contributed by atoms with van der Waals surface area (Å²) in [5.74, 6) is 1.81. The molecule has 6 aromatic carbocycles. The summed E-state index contributed by atoms with van der Waals surface area (Å²) < 4.78 is 18.9. The number of nitrogens with zero attached hydrogens (tertiary/aromatic N) is 2. The Balaban J connectivity index is 0.000000308. The summed E-state index contributed by atoms with van der Waals surface area (Å²) in [5, 5.41) is 12.0. The van der Waals surface area contributed by atoms with Crippen LogP contribution in [-0.2, 0) is 17.6 Å². The van der Waals surface area contributed by atoms with Crippen LogP contribution in [0.15, 0.2) is 121 Å². The molecule has 0 fully saturated rings. The Morgan fingerprint density at radius 2 is 0.840 bits per heavy atom. The van der Waals surface area contributed by atoms with E-state index in [0.29, 0.717) is 6.61 Å². The lowest BCUT2D eigenvalue weighted by Gasteiger charge is -2.43. The number of aliphatic hydroxyl groups excluding tert-OH is 1.